The van der Waals surface area contributed by atoms with Crippen molar-refractivity contribution in [3.05, 3.63) is 48.3 Å². The van der Waals surface area contributed by atoms with Gasteiger partial charge in [0.2, 0.25) is 5.95 Å². The Bertz CT molecular complexity index is 720. The topological polar surface area (TPSA) is 95.4 Å². The first-order valence-electron chi connectivity index (χ1n) is 7.30. The summed E-state index contributed by atoms with van der Waals surface area (Å²) >= 11 is 0. The standard InChI is InChI=1S/C16H16N4O3/c21-14(20-9-7-11(10-20)15(22)23)13-6-8-17-16(19-13)18-12-4-2-1-3-5-12/h1-6,8,11H,7,9-10H2,(H,22,23)(H,17,18,19). The van der Waals surface area contributed by atoms with E-state index in [-0.39, 0.29) is 18.1 Å². The second-order valence-corrected chi connectivity index (χ2v) is 5.33. The van der Waals surface area contributed by atoms with Gasteiger partial charge < -0.3 is 15.3 Å². The summed E-state index contributed by atoms with van der Waals surface area (Å²) in [5.41, 5.74) is 1.08. The average Bonchev–Trinajstić information content (AvgIpc) is 3.06. The smallest absolute Gasteiger partial charge is 0.308 e. The van der Waals surface area contributed by atoms with Crippen molar-refractivity contribution in [3.8, 4) is 0 Å². The third kappa shape index (κ3) is 3.45. The number of nitrogens with one attached hydrogen (secondary N) is 1. The number of amides is 1. The molecule has 1 amide bonds. The number of nitrogens with zero attached hydrogens (tertiary/aromatic N) is 3. The number of anilines is 2. The van der Waals surface area contributed by atoms with E-state index >= 15 is 0 Å². The molecule has 1 unspecified atom stereocenters. The Morgan fingerprint density at radius 1 is 1.22 bits per heavy atom. The quantitative estimate of drug-likeness (QED) is 0.893. The molecule has 1 aromatic carbocycles. The molecule has 1 fully saturated rings. The van der Waals surface area contributed by atoms with Crippen LogP contribution in [0.25, 0.3) is 0 Å². The highest BCUT2D eigenvalue weighted by atomic mass is 16.4. The summed E-state index contributed by atoms with van der Waals surface area (Å²) in [6, 6.07) is 10.9. The molecular formula is C16H16N4O3. The summed E-state index contributed by atoms with van der Waals surface area (Å²) in [5.74, 6) is -1.31. The molecule has 1 saturated heterocycles. The van der Waals surface area contributed by atoms with Gasteiger partial charge in [-0.15, -0.1) is 0 Å². The molecule has 23 heavy (non-hydrogen) atoms. The lowest BCUT2D eigenvalue weighted by Crippen LogP contribution is -2.30. The molecule has 2 N–H and O–H groups in total. The molecule has 2 aromatic rings. The number of hydrogen-bond donors (Lipinski definition) is 2. The minimum atomic E-state index is -0.866. The number of para-hydroxylation sites is 1. The maximum atomic E-state index is 12.4. The van der Waals surface area contributed by atoms with Crippen molar-refractivity contribution < 1.29 is 14.7 Å². The van der Waals surface area contributed by atoms with Gasteiger partial charge in [-0.1, -0.05) is 18.2 Å². The highest BCUT2D eigenvalue weighted by molar-refractivity contribution is 5.93. The Morgan fingerprint density at radius 3 is 2.70 bits per heavy atom. The second-order valence-electron chi connectivity index (χ2n) is 5.33. The second kappa shape index (κ2) is 6.43. The van der Waals surface area contributed by atoms with E-state index in [2.05, 4.69) is 15.3 Å². The molecule has 2 heterocycles. The number of carboxylic acid groups (broad SMARTS) is 1. The number of aromatic nitrogens is 2. The normalized spacial score (nSPS) is 17.0. The highest BCUT2D eigenvalue weighted by Crippen LogP contribution is 2.19. The number of likely N-dealkylation sites (tertiary alicyclic amines) is 1. The van der Waals surface area contributed by atoms with Crippen LogP contribution in [0.2, 0.25) is 0 Å². The maximum absolute atomic E-state index is 12.4. The highest BCUT2D eigenvalue weighted by Gasteiger charge is 2.31. The molecule has 0 bridgehead atoms. The van der Waals surface area contributed by atoms with Crippen LogP contribution in [0, 0.1) is 5.92 Å². The van der Waals surface area contributed by atoms with Crippen molar-refractivity contribution in [2.24, 2.45) is 5.92 Å². The third-order valence-electron chi connectivity index (χ3n) is 3.73. The Kier molecular flexibility index (Phi) is 4.18. The molecule has 1 aromatic heterocycles. The van der Waals surface area contributed by atoms with Gasteiger partial charge in [0.1, 0.15) is 5.69 Å². The van der Waals surface area contributed by atoms with Gasteiger partial charge in [0.15, 0.2) is 0 Å². The Morgan fingerprint density at radius 2 is 2.00 bits per heavy atom. The number of carbonyl (C=O) groups excluding carboxylic acids is 1. The van der Waals surface area contributed by atoms with Gasteiger partial charge >= 0.3 is 5.97 Å². The van der Waals surface area contributed by atoms with Crippen LogP contribution >= 0.6 is 0 Å². The predicted molar refractivity (Wildman–Crippen MR) is 83.4 cm³/mol. The van der Waals surface area contributed by atoms with Crippen LogP contribution < -0.4 is 5.32 Å². The molecule has 0 radical (unpaired) electrons. The molecule has 7 nitrogen and oxygen atoms in total. The van der Waals surface area contributed by atoms with Gasteiger partial charge in [-0.2, -0.15) is 0 Å². The van der Waals surface area contributed by atoms with Gasteiger partial charge in [-0.25, -0.2) is 9.97 Å². The predicted octanol–water partition coefficient (Wildman–Crippen LogP) is 1.77. The lowest BCUT2D eigenvalue weighted by atomic mass is 10.1. The molecule has 0 saturated carbocycles. The van der Waals surface area contributed by atoms with Crippen molar-refractivity contribution in [3.63, 3.8) is 0 Å². The zero-order valence-electron chi connectivity index (χ0n) is 12.3. The fourth-order valence-electron chi connectivity index (χ4n) is 2.50. The van der Waals surface area contributed by atoms with Crippen molar-refractivity contribution in [2.45, 2.75) is 6.42 Å². The first-order chi connectivity index (χ1) is 11.1. The van der Waals surface area contributed by atoms with E-state index < -0.39 is 11.9 Å². The van der Waals surface area contributed by atoms with E-state index in [9.17, 15) is 9.59 Å². The van der Waals surface area contributed by atoms with E-state index in [1.54, 1.807) is 0 Å². The van der Waals surface area contributed by atoms with E-state index in [0.717, 1.165) is 5.69 Å². The molecule has 1 aliphatic rings. The summed E-state index contributed by atoms with van der Waals surface area (Å²) in [6.45, 7) is 0.654. The van der Waals surface area contributed by atoms with Crippen LogP contribution in [0.15, 0.2) is 42.6 Å². The fraction of sp³-hybridized carbons (Fsp3) is 0.250. The summed E-state index contributed by atoms with van der Waals surface area (Å²) < 4.78 is 0. The molecule has 1 atom stereocenters. The number of aliphatic carboxylic acids is 1. The van der Waals surface area contributed by atoms with E-state index in [0.29, 0.717) is 18.9 Å². The van der Waals surface area contributed by atoms with Crippen LogP contribution in [0.4, 0.5) is 11.6 Å². The molecule has 3 rings (SSSR count). The maximum Gasteiger partial charge on any atom is 0.308 e. The van der Waals surface area contributed by atoms with Gasteiger partial charge in [0.05, 0.1) is 5.92 Å². The van der Waals surface area contributed by atoms with Crippen molar-refractivity contribution >= 4 is 23.5 Å². The summed E-state index contributed by atoms with van der Waals surface area (Å²) in [7, 11) is 0. The molecule has 0 spiro atoms. The van der Waals surface area contributed by atoms with Crippen LogP contribution in [0.1, 0.15) is 16.9 Å². The first-order valence-corrected chi connectivity index (χ1v) is 7.30. The monoisotopic (exact) mass is 312 g/mol. The molecule has 1 aliphatic heterocycles. The van der Waals surface area contributed by atoms with Gasteiger partial charge in [0, 0.05) is 25.0 Å². The zero-order valence-corrected chi connectivity index (χ0v) is 12.3. The lowest BCUT2D eigenvalue weighted by molar-refractivity contribution is -0.141. The van der Waals surface area contributed by atoms with Crippen molar-refractivity contribution in [1.82, 2.24) is 14.9 Å². The third-order valence-corrected chi connectivity index (χ3v) is 3.73. The van der Waals surface area contributed by atoms with Gasteiger partial charge in [-0.05, 0) is 24.6 Å². The van der Waals surface area contributed by atoms with Crippen LogP contribution in [-0.2, 0) is 4.79 Å². The summed E-state index contributed by atoms with van der Waals surface area (Å²) in [5, 5.41) is 12.0. The molecule has 0 aliphatic carbocycles. The average molecular weight is 312 g/mol. The van der Waals surface area contributed by atoms with Gasteiger partial charge in [-0.3, -0.25) is 9.59 Å². The lowest BCUT2D eigenvalue weighted by Gasteiger charge is -2.15. The molecule has 118 valence electrons. The minimum absolute atomic E-state index is 0.222. The number of benzene rings is 1. The Hall–Kier alpha value is -2.96. The zero-order chi connectivity index (χ0) is 16.2. The summed E-state index contributed by atoms with van der Waals surface area (Å²) in [4.78, 5) is 33.3. The van der Waals surface area contributed by atoms with Crippen LogP contribution in [0.3, 0.4) is 0 Å². The minimum Gasteiger partial charge on any atom is -0.481 e. The Labute approximate surface area is 133 Å². The number of carboxylic acids is 1. The first kappa shape index (κ1) is 15.0. The number of carbonyl (C=O) groups is 2. The van der Waals surface area contributed by atoms with Crippen LogP contribution in [0.5, 0.6) is 0 Å². The van der Waals surface area contributed by atoms with E-state index in [4.69, 9.17) is 5.11 Å². The summed E-state index contributed by atoms with van der Waals surface area (Å²) in [6.07, 6.45) is 1.98. The fourth-order valence-corrected chi connectivity index (χ4v) is 2.50. The largest absolute Gasteiger partial charge is 0.481 e. The Balaban J connectivity index is 1.72. The van der Waals surface area contributed by atoms with Crippen molar-refractivity contribution in [1.29, 1.82) is 0 Å². The van der Waals surface area contributed by atoms with Gasteiger partial charge in [0.25, 0.3) is 5.91 Å². The van der Waals surface area contributed by atoms with E-state index in [1.807, 2.05) is 30.3 Å². The SMILES string of the molecule is O=C(O)C1CCN(C(=O)c2ccnc(Nc3ccccc3)n2)C1. The number of rotatable bonds is 4. The van der Waals surface area contributed by atoms with E-state index in [1.165, 1.54) is 17.2 Å². The molecule has 7 heteroatoms. The number of hydrogen-bond acceptors (Lipinski definition) is 5. The van der Waals surface area contributed by atoms with Crippen molar-refractivity contribution in [2.75, 3.05) is 18.4 Å². The molecular weight excluding hydrogens is 296 g/mol. The van der Waals surface area contributed by atoms with Crippen LogP contribution in [-0.4, -0.2) is 44.9 Å².